The van der Waals surface area contributed by atoms with Crippen molar-refractivity contribution in [1.82, 2.24) is 19.5 Å². The van der Waals surface area contributed by atoms with Crippen LogP contribution in [0.5, 0.6) is 0 Å². The fraction of sp³-hybridized carbons (Fsp3) is 0.233. The van der Waals surface area contributed by atoms with E-state index in [1.54, 1.807) is 30.5 Å². The second-order valence-corrected chi connectivity index (χ2v) is 16.0. The molecule has 5 rings (SSSR count). The number of fused-ring (bicyclic) bond motifs is 1. The van der Waals surface area contributed by atoms with E-state index in [9.17, 15) is 14.5 Å². The zero-order valence-corrected chi connectivity index (χ0v) is 24.1. The quantitative estimate of drug-likeness (QED) is 0.116. The molecule has 0 bridgehead atoms. The van der Waals surface area contributed by atoms with Crippen LogP contribution in [-0.4, -0.2) is 32.8 Å². The molecule has 3 heterocycles. The van der Waals surface area contributed by atoms with E-state index in [0.717, 1.165) is 11.3 Å². The summed E-state index contributed by atoms with van der Waals surface area (Å²) in [6.07, 6.45) is 3.07. The van der Waals surface area contributed by atoms with E-state index < -0.39 is 13.2 Å². The Morgan fingerprint density at radius 3 is 2.38 bits per heavy atom. The molecule has 5 aromatic rings. The smallest absolute Gasteiger partial charge is 0.372 e. The predicted octanol–water partition coefficient (Wildman–Crippen LogP) is 7.72. The van der Waals surface area contributed by atoms with Crippen molar-refractivity contribution >= 4 is 25.2 Å². The average Bonchev–Trinajstić information content (AvgIpc) is 3.30. The molecule has 8 nitrogen and oxygen atoms in total. The van der Waals surface area contributed by atoms with Gasteiger partial charge >= 0.3 is 5.82 Å². The van der Waals surface area contributed by atoms with Gasteiger partial charge < -0.3 is 14.5 Å². The summed E-state index contributed by atoms with van der Waals surface area (Å²) >= 11 is 0. The Hall–Kier alpha value is -4.28. The number of nitro groups is 1. The number of halogens is 1. The third-order valence-corrected chi connectivity index (χ3v) is 12.0. The highest BCUT2D eigenvalue weighted by Gasteiger charge is 2.37. The summed E-state index contributed by atoms with van der Waals surface area (Å²) in [5.41, 5.74) is 3.93. The molecule has 0 radical (unpaired) electrons. The molecule has 0 unspecified atom stereocenters. The van der Waals surface area contributed by atoms with Crippen LogP contribution in [0.4, 0.5) is 10.2 Å². The lowest BCUT2D eigenvalue weighted by molar-refractivity contribution is -0.388. The Kier molecular flexibility index (Phi) is 7.07. The van der Waals surface area contributed by atoms with Crippen molar-refractivity contribution in [3.8, 4) is 28.3 Å². The van der Waals surface area contributed by atoms with Crippen LogP contribution in [0.15, 0.2) is 79.1 Å². The van der Waals surface area contributed by atoms with Crippen molar-refractivity contribution in [2.45, 2.75) is 45.5 Å². The van der Waals surface area contributed by atoms with Gasteiger partial charge in [-0.25, -0.2) is 14.4 Å². The number of pyridine rings is 1. The summed E-state index contributed by atoms with van der Waals surface area (Å²) in [6, 6.07) is 19.0. The summed E-state index contributed by atoms with van der Waals surface area (Å²) in [7, 11) is -1.92. The number of hydrogen-bond donors (Lipinski definition) is 0. The van der Waals surface area contributed by atoms with E-state index in [1.165, 1.54) is 18.3 Å². The summed E-state index contributed by atoms with van der Waals surface area (Å²) in [4.78, 5) is 24.7. The van der Waals surface area contributed by atoms with Gasteiger partial charge in [-0.05, 0) is 88.2 Å². The van der Waals surface area contributed by atoms with Gasteiger partial charge in [-0.1, -0.05) is 32.9 Å². The molecule has 0 fully saturated rings. The van der Waals surface area contributed by atoms with Gasteiger partial charge in [0.1, 0.15) is 17.7 Å². The molecule has 0 amide bonds. The van der Waals surface area contributed by atoms with Gasteiger partial charge in [0.2, 0.25) is 0 Å². The lowest BCUT2D eigenvalue weighted by atomic mass is 10.1. The maximum absolute atomic E-state index is 13.5. The maximum Gasteiger partial charge on any atom is 0.372 e. The molecule has 0 N–H and O–H groups in total. The number of hydrogen-bond acceptors (Lipinski definition) is 6. The molecule has 40 heavy (non-hydrogen) atoms. The summed E-state index contributed by atoms with van der Waals surface area (Å²) < 4.78 is 21.8. The molecule has 10 heteroatoms. The Bertz CT molecular complexity index is 1690. The molecule has 3 aromatic heterocycles. The van der Waals surface area contributed by atoms with E-state index in [4.69, 9.17) is 9.41 Å². The molecule has 0 aliphatic carbocycles. The van der Waals surface area contributed by atoms with Crippen LogP contribution < -0.4 is 0 Å². The lowest BCUT2D eigenvalue weighted by Gasteiger charge is -2.36. The monoisotopic (exact) mass is 555 g/mol. The standard InChI is InChI=1S/C30H30FN5O3Si/c1-30(2,3)40(4,5)39-19-20-8-14-24(15-9-20)35-26(25-7-6-16-32-29(25)36(37)38)17-22-18-33-27(34-28(22)35)21-10-12-23(31)13-11-21/h6-18H,19H2,1-5H3. The Morgan fingerprint density at radius 2 is 1.73 bits per heavy atom. The molecule has 0 saturated heterocycles. The van der Waals surface area contributed by atoms with Gasteiger partial charge in [0.25, 0.3) is 0 Å². The topological polar surface area (TPSA) is 96.0 Å². The SMILES string of the molecule is CC(C)(C)[Si](C)(C)OCc1ccc(-n2c(-c3cccnc3[N+](=O)[O-])cc3cnc(-c4ccc(F)cc4)nc32)cc1. The molecular weight excluding hydrogens is 525 g/mol. The summed E-state index contributed by atoms with van der Waals surface area (Å²) in [6.45, 7) is 11.6. The van der Waals surface area contributed by atoms with Gasteiger partial charge in [0.15, 0.2) is 14.1 Å². The molecule has 0 atom stereocenters. The first-order valence-corrected chi connectivity index (χ1v) is 15.8. The van der Waals surface area contributed by atoms with Crippen molar-refractivity contribution in [1.29, 1.82) is 0 Å². The van der Waals surface area contributed by atoms with Gasteiger partial charge in [0.05, 0.1) is 17.9 Å². The second-order valence-electron chi connectivity index (χ2n) is 11.2. The molecule has 2 aromatic carbocycles. The van der Waals surface area contributed by atoms with Crippen LogP contribution in [0.1, 0.15) is 26.3 Å². The van der Waals surface area contributed by atoms with E-state index >= 15 is 0 Å². The number of benzene rings is 2. The summed E-state index contributed by atoms with van der Waals surface area (Å²) in [5, 5.41) is 12.7. The van der Waals surface area contributed by atoms with Crippen LogP contribution in [0.25, 0.3) is 39.4 Å². The molecule has 0 saturated carbocycles. The highest BCUT2D eigenvalue weighted by Crippen LogP contribution is 2.38. The largest absolute Gasteiger partial charge is 0.413 e. The minimum atomic E-state index is -1.92. The molecular formula is C30H30FN5O3Si. The number of rotatable bonds is 7. The fourth-order valence-corrected chi connectivity index (χ4v) is 5.11. The zero-order valence-electron chi connectivity index (χ0n) is 23.1. The highest BCUT2D eigenvalue weighted by molar-refractivity contribution is 6.74. The Morgan fingerprint density at radius 1 is 1.02 bits per heavy atom. The first-order valence-electron chi connectivity index (χ1n) is 12.9. The van der Waals surface area contributed by atoms with E-state index in [0.29, 0.717) is 40.3 Å². The van der Waals surface area contributed by atoms with Crippen molar-refractivity contribution in [3.05, 3.63) is 101 Å². The van der Waals surface area contributed by atoms with Crippen LogP contribution >= 0.6 is 0 Å². The van der Waals surface area contributed by atoms with Gasteiger partial charge in [-0.3, -0.25) is 4.57 Å². The van der Waals surface area contributed by atoms with E-state index in [2.05, 4.69) is 43.8 Å². The van der Waals surface area contributed by atoms with Crippen molar-refractivity contribution < 1.29 is 13.7 Å². The maximum atomic E-state index is 13.5. The van der Waals surface area contributed by atoms with Crippen molar-refractivity contribution in [3.63, 3.8) is 0 Å². The third-order valence-electron chi connectivity index (χ3n) is 7.48. The van der Waals surface area contributed by atoms with Gasteiger partial charge in [-0.2, -0.15) is 0 Å². The van der Waals surface area contributed by atoms with Gasteiger partial charge in [0, 0.05) is 22.8 Å². The van der Waals surface area contributed by atoms with Crippen LogP contribution in [-0.2, 0) is 11.0 Å². The zero-order chi connectivity index (χ0) is 28.7. The minimum absolute atomic E-state index is 0.103. The fourth-order valence-electron chi connectivity index (χ4n) is 4.15. The van der Waals surface area contributed by atoms with E-state index in [-0.39, 0.29) is 16.7 Å². The Balaban J connectivity index is 1.63. The molecule has 0 aliphatic rings. The number of nitrogens with zero attached hydrogens (tertiary/aromatic N) is 5. The van der Waals surface area contributed by atoms with Crippen LogP contribution in [0.3, 0.4) is 0 Å². The predicted molar refractivity (Wildman–Crippen MR) is 156 cm³/mol. The van der Waals surface area contributed by atoms with Crippen molar-refractivity contribution in [2.75, 3.05) is 0 Å². The molecule has 204 valence electrons. The highest BCUT2D eigenvalue weighted by atomic mass is 28.4. The molecule has 0 aliphatic heterocycles. The van der Waals surface area contributed by atoms with Crippen LogP contribution in [0, 0.1) is 15.9 Å². The van der Waals surface area contributed by atoms with E-state index in [1.807, 2.05) is 34.9 Å². The second kappa shape index (κ2) is 10.4. The van der Waals surface area contributed by atoms with Crippen LogP contribution in [0.2, 0.25) is 18.1 Å². The van der Waals surface area contributed by atoms with Gasteiger partial charge in [-0.15, -0.1) is 0 Å². The lowest BCUT2D eigenvalue weighted by Crippen LogP contribution is -2.40. The Labute approximate surface area is 232 Å². The minimum Gasteiger partial charge on any atom is -0.413 e. The average molecular weight is 556 g/mol. The normalized spacial score (nSPS) is 12.2. The molecule has 0 spiro atoms. The van der Waals surface area contributed by atoms with Crippen molar-refractivity contribution in [2.24, 2.45) is 0 Å². The first-order chi connectivity index (χ1) is 18.9. The first kappa shape index (κ1) is 27.3. The third kappa shape index (κ3) is 5.27. The summed E-state index contributed by atoms with van der Waals surface area (Å²) in [5.74, 6) is -0.187. The number of aromatic nitrogens is 4.